The lowest BCUT2D eigenvalue weighted by Gasteiger charge is -2.35. The van der Waals surface area contributed by atoms with Gasteiger partial charge < -0.3 is 13.9 Å². The maximum absolute atomic E-state index is 12.7. The smallest absolute Gasteiger partial charge is 0.420 e. The van der Waals surface area contributed by atoms with Gasteiger partial charge in [-0.25, -0.2) is 4.79 Å². The Kier molecular flexibility index (Phi) is 4.38. The predicted octanol–water partition coefficient (Wildman–Crippen LogP) is 4.62. The van der Waals surface area contributed by atoms with Crippen LogP contribution in [0.1, 0.15) is 28.6 Å². The van der Waals surface area contributed by atoms with E-state index in [1.54, 1.807) is 55.6 Å². The molecule has 1 amide bonds. The summed E-state index contributed by atoms with van der Waals surface area (Å²) in [7, 11) is 1.57. The summed E-state index contributed by atoms with van der Waals surface area (Å²) in [5.41, 5.74) is 1.39. The van der Waals surface area contributed by atoms with Crippen molar-refractivity contribution < 1.29 is 23.5 Å². The molecule has 6 nitrogen and oxygen atoms in total. The number of nitrogens with zero attached hydrogens (tertiary/aromatic N) is 1. The number of para-hydroxylation sites is 1. The van der Waals surface area contributed by atoms with Crippen molar-refractivity contribution in [3.8, 4) is 11.5 Å². The third-order valence-corrected chi connectivity index (χ3v) is 4.51. The zero-order valence-corrected chi connectivity index (χ0v) is 14.6. The van der Waals surface area contributed by atoms with Crippen LogP contribution in [0.3, 0.4) is 0 Å². The lowest BCUT2D eigenvalue weighted by molar-refractivity contribution is 0.0944. The molecule has 0 fully saturated rings. The Labute approximate surface area is 155 Å². The second kappa shape index (κ2) is 6.99. The van der Waals surface area contributed by atoms with Crippen molar-refractivity contribution in [2.24, 2.45) is 0 Å². The van der Waals surface area contributed by atoms with E-state index in [-0.39, 0.29) is 18.0 Å². The maximum Gasteiger partial charge on any atom is 0.420 e. The molecule has 27 heavy (non-hydrogen) atoms. The fourth-order valence-corrected chi connectivity index (χ4v) is 3.20. The Morgan fingerprint density at radius 1 is 1.07 bits per heavy atom. The summed E-state index contributed by atoms with van der Waals surface area (Å²) in [6.07, 6.45) is 1.000. The van der Waals surface area contributed by atoms with E-state index in [0.717, 1.165) is 5.56 Å². The average Bonchev–Trinajstić information content (AvgIpc) is 3.23. The summed E-state index contributed by atoms with van der Waals surface area (Å²) in [5, 5.41) is 0. The van der Waals surface area contributed by atoms with Gasteiger partial charge in [0.05, 0.1) is 19.4 Å². The second-order valence-corrected chi connectivity index (χ2v) is 6.09. The van der Waals surface area contributed by atoms with Crippen LogP contribution in [0.4, 0.5) is 10.5 Å². The van der Waals surface area contributed by atoms with E-state index in [2.05, 4.69) is 0 Å². The second-order valence-electron chi connectivity index (χ2n) is 6.09. The van der Waals surface area contributed by atoms with Crippen LogP contribution in [0.25, 0.3) is 0 Å². The van der Waals surface area contributed by atoms with Crippen molar-refractivity contribution in [2.75, 3.05) is 12.0 Å². The molecule has 0 unspecified atom stereocenters. The first-order valence-electron chi connectivity index (χ1n) is 8.48. The SMILES string of the molecule is COc1ccc(N2C(=O)Oc3ccccc3[C@@H]2CC(=O)c2ccco2)cc1. The highest BCUT2D eigenvalue weighted by molar-refractivity contribution is 5.97. The topological polar surface area (TPSA) is 69.0 Å². The van der Waals surface area contributed by atoms with E-state index in [1.807, 2.05) is 12.1 Å². The predicted molar refractivity (Wildman–Crippen MR) is 98.3 cm³/mol. The molecule has 0 N–H and O–H groups in total. The van der Waals surface area contributed by atoms with Gasteiger partial charge in [0.1, 0.15) is 11.5 Å². The number of benzene rings is 2. The monoisotopic (exact) mass is 363 g/mol. The molecule has 2 heterocycles. The first-order valence-corrected chi connectivity index (χ1v) is 8.48. The van der Waals surface area contributed by atoms with E-state index >= 15 is 0 Å². The summed E-state index contributed by atoms with van der Waals surface area (Å²) in [6, 6.07) is 17.1. The van der Waals surface area contributed by atoms with Crippen molar-refractivity contribution in [3.05, 3.63) is 78.3 Å². The Morgan fingerprint density at radius 3 is 2.56 bits per heavy atom. The van der Waals surface area contributed by atoms with Gasteiger partial charge in [-0.2, -0.15) is 0 Å². The third kappa shape index (κ3) is 3.17. The summed E-state index contributed by atoms with van der Waals surface area (Å²) in [5.74, 6) is 1.21. The van der Waals surface area contributed by atoms with Gasteiger partial charge in [-0.3, -0.25) is 9.69 Å². The van der Waals surface area contributed by atoms with E-state index in [4.69, 9.17) is 13.9 Å². The quantitative estimate of drug-likeness (QED) is 0.619. The molecule has 136 valence electrons. The van der Waals surface area contributed by atoms with Crippen LogP contribution in [0.15, 0.2) is 71.3 Å². The molecule has 0 spiro atoms. The first kappa shape index (κ1) is 16.9. The van der Waals surface area contributed by atoms with E-state index in [9.17, 15) is 9.59 Å². The molecule has 0 radical (unpaired) electrons. The minimum Gasteiger partial charge on any atom is -0.497 e. The number of furan rings is 1. The van der Waals surface area contributed by atoms with Crippen LogP contribution >= 0.6 is 0 Å². The summed E-state index contributed by atoms with van der Waals surface area (Å²) in [4.78, 5) is 26.9. The number of hydrogen-bond acceptors (Lipinski definition) is 5. The normalized spacial score (nSPS) is 15.8. The van der Waals surface area contributed by atoms with Gasteiger partial charge in [-0.15, -0.1) is 0 Å². The fraction of sp³-hybridized carbons (Fsp3) is 0.143. The highest BCUT2D eigenvalue weighted by atomic mass is 16.6. The van der Waals surface area contributed by atoms with Crippen molar-refractivity contribution in [2.45, 2.75) is 12.5 Å². The molecule has 1 aliphatic rings. The number of carbonyl (C=O) groups excluding carboxylic acids is 2. The first-order chi connectivity index (χ1) is 13.2. The number of amides is 1. The Hall–Kier alpha value is -3.54. The van der Waals surface area contributed by atoms with Crippen molar-refractivity contribution in [1.82, 2.24) is 0 Å². The van der Waals surface area contributed by atoms with E-state index in [0.29, 0.717) is 17.2 Å². The number of carbonyl (C=O) groups is 2. The molecule has 0 saturated heterocycles. The molecule has 2 aromatic carbocycles. The highest BCUT2D eigenvalue weighted by Crippen LogP contribution is 2.40. The molecule has 1 aliphatic heterocycles. The average molecular weight is 363 g/mol. The fourth-order valence-electron chi connectivity index (χ4n) is 3.20. The molecule has 3 aromatic rings. The number of methoxy groups -OCH3 is 1. The molecular weight excluding hydrogens is 346 g/mol. The largest absolute Gasteiger partial charge is 0.497 e. The third-order valence-electron chi connectivity index (χ3n) is 4.51. The minimum atomic E-state index is -0.531. The highest BCUT2D eigenvalue weighted by Gasteiger charge is 2.37. The Bertz CT molecular complexity index is 963. The Balaban J connectivity index is 1.74. The Morgan fingerprint density at radius 2 is 1.85 bits per heavy atom. The maximum atomic E-state index is 12.7. The minimum absolute atomic E-state index is 0.0751. The van der Waals surface area contributed by atoms with Gasteiger partial charge in [0, 0.05) is 17.7 Å². The molecule has 1 aromatic heterocycles. The lowest BCUT2D eigenvalue weighted by atomic mass is 9.96. The lowest BCUT2D eigenvalue weighted by Crippen LogP contribution is -2.41. The van der Waals surface area contributed by atoms with Gasteiger partial charge in [0.15, 0.2) is 11.5 Å². The van der Waals surface area contributed by atoms with E-state index < -0.39 is 12.1 Å². The zero-order valence-electron chi connectivity index (χ0n) is 14.6. The number of Topliss-reactive ketones (excluding diaryl/α,β-unsaturated/α-hetero) is 1. The summed E-state index contributed by atoms with van der Waals surface area (Å²) < 4.78 is 15.9. The molecule has 1 atom stereocenters. The standard InChI is InChI=1S/C21H17NO5/c1-25-15-10-8-14(9-11-15)22-17(13-18(23)20-7-4-12-26-20)16-5-2-3-6-19(16)27-21(22)24/h2-12,17H,13H2,1H3/t17-/m0/s1. The summed E-state index contributed by atoms with van der Waals surface area (Å²) >= 11 is 0. The van der Waals surface area contributed by atoms with Crippen molar-refractivity contribution >= 4 is 17.6 Å². The molecule has 0 aliphatic carbocycles. The van der Waals surface area contributed by atoms with Crippen LogP contribution in [0.5, 0.6) is 11.5 Å². The number of rotatable bonds is 5. The molecule has 6 heteroatoms. The van der Waals surface area contributed by atoms with Crippen molar-refractivity contribution in [1.29, 1.82) is 0 Å². The van der Waals surface area contributed by atoms with Gasteiger partial charge in [-0.05, 0) is 42.5 Å². The molecular formula is C21H17NO5. The van der Waals surface area contributed by atoms with Gasteiger partial charge >= 0.3 is 6.09 Å². The number of hydrogen-bond donors (Lipinski definition) is 0. The zero-order chi connectivity index (χ0) is 18.8. The number of ether oxygens (including phenoxy) is 2. The van der Waals surface area contributed by atoms with Gasteiger partial charge in [0.25, 0.3) is 0 Å². The van der Waals surface area contributed by atoms with Crippen LogP contribution in [-0.2, 0) is 0 Å². The van der Waals surface area contributed by atoms with Crippen LogP contribution in [0, 0.1) is 0 Å². The van der Waals surface area contributed by atoms with E-state index in [1.165, 1.54) is 11.2 Å². The van der Waals surface area contributed by atoms with Crippen LogP contribution in [-0.4, -0.2) is 19.0 Å². The van der Waals surface area contributed by atoms with Crippen LogP contribution in [0.2, 0.25) is 0 Å². The number of fused-ring (bicyclic) bond motifs is 1. The molecule has 0 bridgehead atoms. The number of ketones is 1. The van der Waals surface area contributed by atoms with Gasteiger partial charge in [0.2, 0.25) is 0 Å². The van der Waals surface area contributed by atoms with Crippen molar-refractivity contribution in [3.63, 3.8) is 0 Å². The molecule has 0 saturated carbocycles. The van der Waals surface area contributed by atoms with Gasteiger partial charge in [-0.1, -0.05) is 18.2 Å². The number of anilines is 1. The molecule has 4 rings (SSSR count). The summed E-state index contributed by atoms with van der Waals surface area (Å²) in [6.45, 7) is 0. The van der Waals surface area contributed by atoms with Crippen LogP contribution < -0.4 is 14.4 Å².